The summed E-state index contributed by atoms with van der Waals surface area (Å²) < 4.78 is 27.0. The van der Waals surface area contributed by atoms with Gasteiger partial charge in [0.05, 0.1) is 5.02 Å². The van der Waals surface area contributed by atoms with E-state index in [-0.39, 0.29) is 15.8 Å². The molecule has 118 valence electrons. The first-order valence-corrected chi connectivity index (χ1v) is 9.56. The molecule has 0 spiro atoms. The van der Waals surface area contributed by atoms with E-state index in [1.54, 1.807) is 22.5 Å². The van der Waals surface area contributed by atoms with Crippen molar-refractivity contribution in [2.75, 3.05) is 13.1 Å². The number of hydrogen-bond acceptors (Lipinski definition) is 2. The monoisotopic (exact) mass is 349 g/mol. The molecule has 21 heavy (non-hydrogen) atoms. The average Bonchev–Trinajstić information content (AvgIpc) is 2.47. The second kappa shape index (κ2) is 6.86. The predicted molar refractivity (Wildman–Crippen MR) is 87.3 cm³/mol. The molecule has 1 aliphatic rings. The summed E-state index contributed by atoms with van der Waals surface area (Å²) in [6.45, 7) is 5.50. The maximum atomic E-state index is 12.8. The summed E-state index contributed by atoms with van der Waals surface area (Å²) in [5, 5.41) is 0.259. The van der Waals surface area contributed by atoms with Gasteiger partial charge in [-0.1, -0.05) is 31.5 Å². The lowest BCUT2D eigenvalue weighted by atomic mass is 9.87. The third kappa shape index (κ3) is 3.73. The van der Waals surface area contributed by atoms with E-state index in [9.17, 15) is 8.42 Å². The van der Waals surface area contributed by atoms with Gasteiger partial charge < -0.3 is 0 Å². The van der Waals surface area contributed by atoms with Crippen molar-refractivity contribution >= 4 is 33.2 Å². The summed E-state index contributed by atoms with van der Waals surface area (Å²) in [5.74, 6) is 1.47. The second-order valence-corrected chi connectivity index (χ2v) is 8.46. The van der Waals surface area contributed by atoms with E-state index in [1.165, 1.54) is 0 Å². The van der Waals surface area contributed by atoms with Crippen LogP contribution in [-0.4, -0.2) is 25.8 Å². The molecule has 0 amide bonds. The van der Waals surface area contributed by atoms with Crippen LogP contribution in [-0.2, 0) is 15.9 Å². The number of halogens is 2. The molecular formula is C15H21Cl2NO2S. The summed E-state index contributed by atoms with van der Waals surface area (Å²) in [5.41, 5.74) is 0.761. The lowest BCUT2D eigenvalue weighted by molar-refractivity contribution is 0.226. The van der Waals surface area contributed by atoms with Gasteiger partial charge in [-0.15, -0.1) is 11.6 Å². The Hall–Kier alpha value is -0.290. The quantitative estimate of drug-likeness (QED) is 0.766. The number of nitrogens with zero attached hydrogens (tertiary/aromatic N) is 1. The van der Waals surface area contributed by atoms with Gasteiger partial charge in [0.25, 0.3) is 0 Å². The van der Waals surface area contributed by atoms with Gasteiger partial charge in [0.1, 0.15) is 4.90 Å². The van der Waals surface area contributed by atoms with Crippen LogP contribution in [0.25, 0.3) is 0 Å². The van der Waals surface area contributed by atoms with Crippen molar-refractivity contribution in [1.82, 2.24) is 4.31 Å². The van der Waals surface area contributed by atoms with Gasteiger partial charge in [0.15, 0.2) is 0 Å². The zero-order chi connectivity index (χ0) is 15.6. The van der Waals surface area contributed by atoms with Crippen LogP contribution >= 0.6 is 23.2 Å². The molecule has 0 N–H and O–H groups in total. The zero-order valence-electron chi connectivity index (χ0n) is 12.4. The molecule has 1 aromatic rings. The van der Waals surface area contributed by atoms with Gasteiger partial charge in [-0.25, -0.2) is 8.42 Å². The Balaban J connectivity index is 2.23. The minimum atomic E-state index is -3.53. The first kappa shape index (κ1) is 17.1. The molecule has 6 heteroatoms. The van der Waals surface area contributed by atoms with Crippen LogP contribution in [0.5, 0.6) is 0 Å². The number of hydrogen-bond donors (Lipinski definition) is 0. The lowest BCUT2D eigenvalue weighted by Crippen LogP contribution is -2.39. The Kier molecular flexibility index (Phi) is 5.58. The first-order valence-electron chi connectivity index (χ1n) is 7.20. The summed E-state index contributed by atoms with van der Waals surface area (Å²) in [4.78, 5) is 0.172. The molecular weight excluding hydrogens is 329 g/mol. The molecule has 0 aromatic heterocycles. The normalized spacial score (nSPS) is 18.3. The number of sulfonamides is 1. The minimum absolute atomic E-state index is 0.172. The van der Waals surface area contributed by atoms with Crippen LogP contribution in [0.3, 0.4) is 0 Å². The van der Waals surface area contributed by atoms with Gasteiger partial charge in [-0.3, -0.25) is 0 Å². The highest BCUT2D eigenvalue weighted by Crippen LogP contribution is 2.31. The van der Waals surface area contributed by atoms with Crippen LogP contribution in [0.4, 0.5) is 0 Å². The SMILES string of the molecule is CC(C)C1CCN(S(=O)(=O)c2cc(CCl)ccc2Cl)CC1. The fourth-order valence-corrected chi connectivity index (χ4v) is 4.91. The highest BCUT2D eigenvalue weighted by atomic mass is 35.5. The summed E-state index contributed by atoms with van der Waals surface area (Å²) >= 11 is 11.9. The largest absolute Gasteiger partial charge is 0.244 e. The van der Waals surface area contributed by atoms with E-state index in [2.05, 4.69) is 13.8 Å². The minimum Gasteiger partial charge on any atom is -0.207 e. The summed E-state index contributed by atoms with van der Waals surface area (Å²) in [6.07, 6.45) is 1.81. The number of piperidine rings is 1. The highest BCUT2D eigenvalue weighted by molar-refractivity contribution is 7.89. The molecule has 0 atom stereocenters. The van der Waals surface area contributed by atoms with E-state index in [4.69, 9.17) is 23.2 Å². The molecule has 0 radical (unpaired) electrons. The Morgan fingerprint density at radius 3 is 2.43 bits per heavy atom. The predicted octanol–water partition coefficient (Wildman–Crippen LogP) is 4.14. The Bertz CT molecular complexity index is 594. The van der Waals surface area contributed by atoms with Crippen molar-refractivity contribution in [2.45, 2.75) is 37.5 Å². The van der Waals surface area contributed by atoms with Gasteiger partial charge in [-0.05, 0) is 42.4 Å². The van der Waals surface area contributed by atoms with E-state index in [1.807, 2.05) is 0 Å². The van der Waals surface area contributed by atoms with E-state index in [0.29, 0.717) is 24.9 Å². The van der Waals surface area contributed by atoms with E-state index >= 15 is 0 Å². The Morgan fingerprint density at radius 2 is 1.90 bits per heavy atom. The molecule has 0 aliphatic carbocycles. The van der Waals surface area contributed by atoms with Crippen molar-refractivity contribution in [2.24, 2.45) is 11.8 Å². The molecule has 1 fully saturated rings. The Labute approximate surface area is 137 Å². The fraction of sp³-hybridized carbons (Fsp3) is 0.600. The Morgan fingerprint density at radius 1 is 1.29 bits per heavy atom. The molecule has 1 aromatic carbocycles. The van der Waals surface area contributed by atoms with Crippen molar-refractivity contribution < 1.29 is 8.42 Å². The lowest BCUT2D eigenvalue weighted by Gasteiger charge is -2.33. The zero-order valence-corrected chi connectivity index (χ0v) is 14.7. The molecule has 0 saturated carbocycles. The first-order chi connectivity index (χ1) is 9.86. The smallest absolute Gasteiger partial charge is 0.207 e. The fourth-order valence-electron chi connectivity index (χ4n) is 2.75. The van der Waals surface area contributed by atoms with Gasteiger partial charge in [-0.2, -0.15) is 4.31 Å². The van der Waals surface area contributed by atoms with Crippen LogP contribution in [0, 0.1) is 11.8 Å². The maximum absolute atomic E-state index is 12.8. The van der Waals surface area contributed by atoms with Crippen LogP contribution < -0.4 is 0 Å². The average molecular weight is 350 g/mol. The van der Waals surface area contributed by atoms with E-state index < -0.39 is 10.0 Å². The van der Waals surface area contributed by atoms with Crippen molar-refractivity contribution in [3.05, 3.63) is 28.8 Å². The van der Waals surface area contributed by atoms with Crippen molar-refractivity contribution in [3.63, 3.8) is 0 Å². The van der Waals surface area contributed by atoms with Crippen LogP contribution in [0.15, 0.2) is 23.1 Å². The van der Waals surface area contributed by atoms with Gasteiger partial charge in [0, 0.05) is 19.0 Å². The van der Waals surface area contributed by atoms with Crippen molar-refractivity contribution in [3.8, 4) is 0 Å². The number of benzene rings is 1. The molecule has 0 unspecified atom stereocenters. The molecule has 1 saturated heterocycles. The molecule has 3 nitrogen and oxygen atoms in total. The standard InChI is InChI=1S/C15H21Cl2NO2S/c1-11(2)13-5-7-18(8-6-13)21(19,20)15-9-12(10-16)3-4-14(15)17/h3-4,9,11,13H,5-8,10H2,1-2H3. The molecule has 0 bridgehead atoms. The van der Waals surface area contributed by atoms with Gasteiger partial charge >= 0.3 is 0 Å². The maximum Gasteiger partial charge on any atom is 0.244 e. The summed E-state index contributed by atoms with van der Waals surface area (Å²) in [7, 11) is -3.53. The second-order valence-electron chi connectivity index (χ2n) is 5.88. The number of alkyl halides is 1. The molecule has 2 rings (SSSR count). The highest BCUT2D eigenvalue weighted by Gasteiger charge is 2.31. The third-order valence-electron chi connectivity index (χ3n) is 4.21. The van der Waals surface area contributed by atoms with Crippen molar-refractivity contribution in [1.29, 1.82) is 0 Å². The molecule has 1 aliphatic heterocycles. The summed E-state index contributed by atoms with van der Waals surface area (Å²) in [6, 6.07) is 4.94. The van der Waals surface area contributed by atoms with E-state index in [0.717, 1.165) is 18.4 Å². The van der Waals surface area contributed by atoms with Crippen LogP contribution in [0.1, 0.15) is 32.3 Å². The van der Waals surface area contributed by atoms with Gasteiger partial charge in [0.2, 0.25) is 10.0 Å². The molecule has 1 heterocycles. The van der Waals surface area contributed by atoms with Crippen LogP contribution in [0.2, 0.25) is 5.02 Å². The third-order valence-corrected chi connectivity index (χ3v) is 6.90. The topological polar surface area (TPSA) is 37.4 Å². The number of rotatable bonds is 4.